The van der Waals surface area contributed by atoms with Gasteiger partial charge in [-0.1, -0.05) is 6.07 Å². The first-order valence-electron chi connectivity index (χ1n) is 7.81. The average Bonchev–Trinajstić information content (AvgIpc) is 3.28. The minimum atomic E-state index is -0.172. The lowest BCUT2D eigenvalue weighted by atomic mass is 10.1. The van der Waals surface area contributed by atoms with Gasteiger partial charge in [-0.2, -0.15) is 5.10 Å². The van der Waals surface area contributed by atoms with E-state index in [-0.39, 0.29) is 12.7 Å². The van der Waals surface area contributed by atoms with Crippen LogP contribution in [-0.2, 0) is 13.6 Å². The number of nitrogens with one attached hydrogen (secondary N) is 1. The fraction of sp³-hybridized carbons (Fsp3) is 0.167. The van der Waals surface area contributed by atoms with Gasteiger partial charge in [-0.25, -0.2) is 0 Å². The van der Waals surface area contributed by atoms with E-state index in [0.717, 1.165) is 16.8 Å². The normalized spacial score (nSPS) is 12.2. The standard InChI is InChI=1S/C18H16N4O3/c1-22-10-14(9-21-22)15-4-2-12(7-19-15)8-20-18(23)13-3-5-16-17(6-13)25-11-24-16/h2-7,9-10H,8,11H2,1H3,(H,20,23). The van der Waals surface area contributed by atoms with Gasteiger partial charge in [-0.15, -0.1) is 0 Å². The lowest BCUT2D eigenvalue weighted by Crippen LogP contribution is -2.22. The summed E-state index contributed by atoms with van der Waals surface area (Å²) in [6, 6.07) is 8.99. The summed E-state index contributed by atoms with van der Waals surface area (Å²) in [6.07, 6.45) is 5.43. The van der Waals surface area contributed by atoms with E-state index in [4.69, 9.17) is 9.47 Å². The Morgan fingerprint density at radius 1 is 1.20 bits per heavy atom. The van der Waals surface area contributed by atoms with Crippen LogP contribution in [-0.4, -0.2) is 27.5 Å². The molecular formula is C18H16N4O3. The van der Waals surface area contributed by atoms with Crippen molar-refractivity contribution < 1.29 is 14.3 Å². The number of aryl methyl sites for hydroxylation is 1. The molecule has 7 heteroatoms. The smallest absolute Gasteiger partial charge is 0.251 e. The second-order valence-corrected chi connectivity index (χ2v) is 5.71. The number of hydrogen-bond donors (Lipinski definition) is 1. The van der Waals surface area contributed by atoms with Crippen LogP contribution in [0.2, 0.25) is 0 Å². The molecule has 7 nitrogen and oxygen atoms in total. The van der Waals surface area contributed by atoms with Gasteiger partial charge in [-0.05, 0) is 29.8 Å². The number of benzene rings is 1. The van der Waals surface area contributed by atoms with Gasteiger partial charge in [0, 0.05) is 37.1 Å². The molecule has 0 aliphatic carbocycles. The molecule has 0 bridgehead atoms. The van der Waals surface area contributed by atoms with Crippen molar-refractivity contribution in [1.29, 1.82) is 0 Å². The van der Waals surface area contributed by atoms with Gasteiger partial charge in [0.2, 0.25) is 6.79 Å². The fourth-order valence-corrected chi connectivity index (χ4v) is 2.58. The molecule has 1 aliphatic rings. The summed E-state index contributed by atoms with van der Waals surface area (Å²) >= 11 is 0. The average molecular weight is 336 g/mol. The predicted octanol–water partition coefficient (Wildman–Crippen LogP) is 2.14. The minimum absolute atomic E-state index is 0.172. The van der Waals surface area contributed by atoms with Crippen molar-refractivity contribution in [1.82, 2.24) is 20.1 Å². The molecule has 25 heavy (non-hydrogen) atoms. The Morgan fingerprint density at radius 3 is 2.84 bits per heavy atom. The molecule has 0 atom stereocenters. The zero-order valence-electron chi connectivity index (χ0n) is 13.6. The van der Waals surface area contributed by atoms with Crippen molar-refractivity contribution in [3.8, 4) is 22.8 Å². The maximum Gasteiger partial charge on any atom is 0.251 e. The molecule has 3 heterocycles. The van der Waals surface area contributed by atoms with Crippen molar-refractivity contribution in [2.75, 3.05) is 6.79 Å². The summed E-state index contributed by atoms with van der Waals surface area (Å²) < 4.78 is 12.3. The summed E-state index contributed by atoms with van der Waals surface area (Å²) in [7, 11) is 1.86. The third-order valence-electron chi connectivity index (χ3n) is 3.91. The van der Waals surface area contributed by atoms with Crippen molar-refractivity contribution >= 4 is 5.91 Å². The van der Waals surface area contributed by atoms with Crippen molar-refractivity contribution in [3.63, 3.8) is 0 Å². The van der Waals surface area contributed by atoms with E-state index in [1.54, 1.807) is 35.3 Å². The number of pyridine rings is 1. The van der Waals surface area contributed by atoms with Crippen LogP contribution in [0.3, 0.4) is 0 Å². The largest absolute Gasteiger partial charge is 0.454 e. The van der Waals surface area contributed by atoms with E-state index in [2.05, 4.69) is 15.4 Å². The predicted molar refractivity (Wildman–Crippen MR) is 90.2 cm³/mol. The van der Waals surface area contributed by atoms with E-state index in [0.29, 0.717) is 23.6 Å². The van der Waals surface area contributed by atoms with E-state index < -0.39 is 0 Å². The van der Waals surface area contributed by atoms with Crippen LogP contribution in [0.4, 0.5) is 0 Å². The van der Waals surface area contributed by atoms with Gasteiger partial charge in [0.25, 0.3) is 5.91 Å². The summed E-state index contributed by atoms with van der Waals surface area (Å²) in [5.41, 5.74) is 3.25. The Balaban J connectivity index is 1.40. The van der Waals surface area contributed by atoms with Gasteiger partial charge in [0.05, 0.1) is 11.9 Å². The molecule has 2 aromatic heterocycles. The molecule has 3 aromatic rings. The Labute approximate surface area is 144 Å². The Hall–Kier alpha value is -3.35. The summed E-state index contributed by atoms with van der Waals surface area (Å²) in [6.45, 7) is 0.586. The molecule has 0 spiro atoms. The summed E-state index contributed by atoms with van der Waals surface area (Å²) in [5, 5.41) is 7.01. The second kappa shape index (κ2) is 6.27. The minimum Gasteiger partial charge on any atom is -0.454 e. The van der Waals surface area contributed by atoms with Crippen LogP contribution in [0, 0.1) is 0 Å². The zero-order valence-corrected chi connectivity index (χ0v) is 13.6. The highest BCUT2D eigenvalue weighted by Gasteiger charge is 2.16. The molecule has 0 radical (unpaired) electrons. The van der Waals surface area contributed by atoms with Crippen LogP contribution in [0.25, 0.3) is 11.3 Å². The number of carbonyl (C=O) groups excluding carboxylic acids is 1. The number of rotatable bonds is 4. The number of hydrogen-bond acceptors (Lipinski definition) is 5. The quantitative estimate of drug-likeness (QED) is 0.790. The highest BCUT2D eigenvalue weighted by Crippen LogP contribution is 2.32. The second-order valence-electron chi connectivity index (χ2n) is 5.71. The number of amides is 1. The SMILES string of the molecule is Cn1cc(-c2ccc(CNC(=O)c3ccc4c(c3)OCO4)cn2)cn1. The third kappa shape index (κ3) is 3.16. The highest BCUT2D eigenvalue weighted by molar-refractivity contribution is 5.94. The van der Waals surface area contributed by atoms with E-state index >= 15 is 0 Å². The summed E-state index contributed by atoms with van der Waals surface area (Å²) in [4.78, 5) is 16.7. The van der Waals surface area contributed by atoms with Crippen LogP contribution >= 0.6 is 0 Å². The lowest BCUT2D eigenvalue weighted by molar-refractivity contribution is 0.0950. The van der Waals surface area contributed by atoms with Crippen LogP contribution in [0.1, 0.15) is 15.9 Å². The number of nitrogens with zero attached hydrogens (tertiary/aromatic N) is 3. The first-order valence-corrected chi connectivity index (χ1v) is 7.81. The van der Waals surface area contributed by atoms with E-state index in [1.807, 2.05) is 25.4 Å². The number of fused-ring (bicyclic) bond motifs is 1. The van der Waals surface area contributed by atoms with Crippen LogP contribution < -0.4 is 14.8 Å². The highest BCUT2D eigenvalue weighted by atomic mass is 16.7. The van der Waals surface area contributed by atoms with Gasteiger partial charge in [0.1, 0.15) is 0 Å². The lowest BCUT2D eigenvalue weighted by Gasteiger charge is -2.06. The van der Waals surface area contributed by atoms with E-state index in [9.17, 15) is 4.79 Å². The molecule has 1 aliphatic heterocycles. The molecular weight excluding hydrogens is 320 g/mol. The molecule has 0 unspecified atom stereocenters. The van der Waals surface area contributed by atoms with Gasteiger partial charge >= 0.3 is 0 Å². The van der Waals surface area contributed by atoms with Crippen molar-refractivity contribution in [2.24, 2.45) is 7.05 Å². The first-order chi connectivity index (χ1) is 12.2. The Bertz CT molecular complexity index is 918. The van der Waals surface area contributed by atoms with Gasteiger partial charge < -0.3 is 14.8 Å². The van der Waals surface area contributed by atoms with Gasteiger partial charge in [-0.3, -0.25) is 14.5 Å². The molecule has 0 saturated carbocycles. The fourth-order valence-electron chi connectivity index (χ4n) is 2.58. The Kier molecular flexibility index (Phi) is 3.81. The third-order valence-corrected chi connectivity index (χ3v) is 3.91. The zero-order chi connectivity index (χ0) is 17.2. The number of carbonyl (C=O) groups is 1. The van der Waals surface area contributed by atoms with Crippen LogP contribution in [0.15, 0.2) is 48.9 Å². The first kappa shape index (κ1) is 15.2. The molecule has 0 saturated heterocycles. The molecule has 1 N–H and O–H groups in total. The number of aromatic nitrogens is 3. The molecule has 0 fully saturated rings. The van der Waals surface area contributed by atoms with Crippen LogP contribution in [0.5, 0.6) is 11.5 Å². The monoisotopic (exact) mass is 336 g/mol. The van der Waals surface area contributed by atoms with Crippen molar-refractivity contribution in [3.05, 3.63) is 60.0 Å². The topological polar surface area (TPSA) is 78.3 Å². The van der Waals surface area contributed by atoms with E-state index in [1.165, 1.54) is 0 Å². The maximum atomic E-state index is 12.3. The molecule has 126 valence electrons. The molecule has 1 aromatic carbocycles. The number of ether oxygens (including phenoxy) is 2. The molecule has 4 rings (SSSR count). The summed E-state index contributed by atoms with van der Waals surface area (Å²) in [5.74, 6) is 1.08. The van der Waals surface area contributed by atoms with Crippen molar-refractivity contribution in [2.45, 2.75) is 6.54 Å². The van der Waals surface area contributed by atoms with Gasteiger partial charge in [0.15, 0.2) is 11.5 Å². The Morgan fingerprint density at radius 2 is 2.08 bits per heavy atom. The maximum absolute atomic E-state index is 12.3. The molecule has 1 amide bonds.